The third kappa shape index (κ3) is 3.61. The average Bonchev–Trinajstić information content (AvgIpc) is 3.81. The molecule has 0 fully saturated rings. The molecule has 3 aliphatic heterocycles. The summed E-state index contributed by atoms with van der Waals surface area (Å²) >= 11 is 0. The van der Waals surface area contributed by atoms with E-state index >= 15 is 0 Å². The average molecular weight is 590 g/mol. The van der Waals surface area contributed by atoms with Crippen LogP contribution in [0.25, 0.3) is 27.9 Å². The van der Waals surface area contributed by atoms with Gasteiger partial charge in [0, 0.05) is 46.3 Å². The number of para-hydroxylation sites is 3. The van der Waals surface area contributed by atoms with E-state index in [1.54, 1.807) is 0 Å². The summed E-state index contributed by atoms with van der Waals surface area (Å²) in [6.45, 7) is 0.785. The highest BCUT2D eigenvalue weighted by Crippen LogP contribution is 2.50. The second-order valence-electron chi connectivity index (χ2n) is 12.1. The lowest BCUT2D eigenvalue weighted by Crippen LogP contribution is -2.59. The van der Waals surface area contributed by atoms with E-state index in [2.05, 4.69) is 159 Å². The van der Waals surface area contributed by atoms with E-state index in [1.165, 1.54) is 67.3 Å². The van der Waals surface area contributed by atoms with Crippen molar-refractivity contribution in [1.82, 2.24) is 9.78 Å². The molecule has 0 bridgehead atoms. The largest absolute Gasteiger partial charge is 0.376 e. The maximum absolute atomic E-state index is 4.57. The van der Waals surface area contributed by atoms with Crippen LogP contribution in [-0.2, 0) is 0 Å². The predicted octanol–water partition coefficient (Wildman–Crippen LogP) is 8.02. The Kier molecular flexibility index (Phi) is 5.37. The molecule has 0 saturated heterocycles. The Bertz CT molecular complexity index is 2280. The molecule has 0 saturated carbocycles. The van der Waals surface area contributed by atoms with Crippen LogP contribution in [-0.4, -0.2) is 23.3 Å². The topological polar surface area (TPSA) is 27.5 Å². The molecule has 1 aromatic heterocycles. The summed E-state index contributed by atoms with van der Waals surface area (Å²) in [5.74, 6) is 0. The Balaban J connectivity index is 1.20. The molecular formula is C40H28BN5. The lowest BCUT2D eigenvalue weighted by Gasteiger charge is -2.43. The number of hydrogen-bond donors (Lipinski definition) is 0. The van der Waals surface area contributed by atoms with Gasteiger partial charge in [-0.15, -0.1) is 0 Å². The van der Waals surface area contributed by atoms with Crippen molar-refractivity contribution in [2.24, 2.45) is 0 Å². The first kappa shape index (κ1) is 25.3. The van der Waals surface area contributed by atoms with Crippen LogP contribution in [0.4, 0.5) is 34.1 Å². The maximum atomic E-state index is 4.57. The molecule has 0 aliphatic carbocycles. The first-order valence-electron chi connectivity index (χ1n) is 15.8. The predicted molar refractivity (Wildman–Crippen MR) is 190 cm³/mol. The molecule has 5 nitrogen and oxygen atoms in total. The van der Waals surface area contributed by atoms with Gasteiger partial charge in [0.25, 0.3) is 0 Å². The SMILES string of the molecule is c1ccc(N2CN(c3ccc4c(c3)N3B(c5ccccc5-4)c4ccccc4-c4ccc(-n5cccn5)cc43)c3ccccc32)cc1. The van der Waals surface area contributed by atoms with Crippen LogP contribution < -0.4 is 25.5 Å². The van der Waals surface area contributed by atoms with Gasteiger partial charge in [0.05, 0.1) is 17.1 Å². The van der Waals surface area contributed by atoms with Crippen LogP contribution >= 0.6 is 0 Å². The Morgan fingerprint density at radius 3 is 1.67 bits per heavy atom. The zero-order chi connectivity index (χ0) is 30.2. The van der Waals surface area contributed by atoms with Crippen molar-refractivity contribution in [3.8, 4) is 27.9 Å². The van der Waals surface area contributed by atoms with Crippen LogP contribution in [0.2, 0.25) is 0 Å². The lowest BCUT2D eigenvalue weighted by molar-refractivity contribution is 0.880. The van der Waals surface area contributed by atoms with Crippen LogP contribution in [0.1, 0.15) is 0 Å². The van der Waals surface area contributed by atoms with Crippen molar-refractivity contribution >= 4 is 51.9 Å². The fourth-order valence-corrected chi connectivity index (χ4v) is 7.71. The molecule has 46 heavy (non-hydrogen) atoms. The number of anilines is 6. The van der Waals surface area contributed by atoms with Gasteiger partial charge in [0.1, 0.15) is 6.67 Å². The fraction of sp³-hybridized carbons (Fsp3) is 0.0250. The van der Waals surface area contributed by atoms with Gasteiger partial charge in [-0.05, 0) is 76.6 Å². The van der Waals surface area contributed by atoms with Gasteiger partial charge in [-0.2, -0.15) is 5.10 Å². The molecule has 0 N–H and O–H groups in total. The molecule has 0 unspecified atom stereocenters. The Morgan fingerprint density at radius 2 is 1.02 bits per heavy atom. The van der Waals surface area contributed by atoms with E-state index < -0.39 is 0 Å². The van der Waals surface area contributed by atoms with Gasteiger partial charge in [-0.25, -0.2) is 4.68 Å². The molecule has 4 heterocycles. The quantitative estimate of drug-likeness (QED) is 0.195. The molecule has 3 aliphatic rings. The summed E-state index contributed by atoms with van der Waals surface area (Å²) in [5, 5.41) is 4.57. The monoisotopic (exact) mass is 589 g/mol. The third-order valence-corrected chi connectivity index (χ3v) is 9.73. The summed E-state index contributed by atoms with van der Waals surface area (Å²) in [4.78, 5) is 7.41. The van der Waals surface area contributed by atoms with E-state index in [1.807, 2.05) is 23.1 Å². The van der Waals surface area contributed by atoms with Gasteiger partial charge in [0.15, 0.2) is 0 Å². The van der Waals surface area contributed by atoms with E-state index in [4.69, 9.17) is 0 Å². The van der Waals surface area contributed by atoms with Gasteiger partial charge < -0.3 is 14.6 Å². The molecule has 10 rings (SSSR count). The minimum absolute atomic E-state index is 0.0437. The van der Waals surface area contributed by atoms with Crippen LogP contribution in [0, 0.1) is 0 Å². The number of benzene rings is 6. The highest BCUT2D eigenvalue weighted by molar-refractivity contribution is 6.92. The number of nitrogens with zero attached hydrogens (tertiary/aromatic N) is 5. The Morgan fingerprint density at radius 1 is 0.457 bits per heavy atom. The van der Waals surface area contributed by atoms with E-state index in [0.29, 0.717) is 0 Å². The number of rotatable bonds is 3. The smallest absolute Gasteiger partial charge is 0.329 e. The Hall–Kier alpha value is -6.01. The summed E-state index contributed by atoms with van der Waals surface area (Å²) in [6.07, 6.45) is 3.85. The fourth-order valence-electron chi connectivity index (χ4n) is 7.71. The summed E-state index contributed by atoms with van der Waals surface area (Å²) in [6, 6.07) is 53.0. The number of hydrogen-bond acceptors (Lipinski definition) is 4. The lowest BCUT2D eigenvalue weighted by atomic mass is 9.43. The first-order chi connectivity index (χ1) is 22.8. The number of fused-ring (bicyclic) bond motifs is 12. The standard InChI is InChI=1S/C40H28BN5/c1-2-11-28(12-3-1)43-27-44(38-18-9-8-17-37(38)43)29-19-21-33-31-13-4-6-15-35(31)41-36-16-7-5-14-32(36)34-22-20-30(45-24-10-23-42-45)26-40(34)46(41)39(33)25-29/h1-26H,27H2. The highest BCUT2D eigenvalue weighted by atomic mass is 15.4. The summed E-state index contributed by atoms with van der Waals surface area (Å²) in [7, 11) is 0. The molecule has 216 valence electrons. The van der Waals surface area contributed by atoms with Crippen molar-refractivity contribution < 1.29 is 0 Å². The zero-order valence-electron chi connectivity index (χ0n) is 25.0. The minimum Gasteiger partial charge on any atom is -0.376 e. The van der Waals surface area contributed by atoms with Crippen molar-refractivity contribution in [2.75, 3.05) is 21.3 Å². The molecular weight excluding hydrogens is 561 g/mol. The van der Waals surface area contributed by atoms with Crippen LogP contribution in [0.15, 0.2) is 158 Å². The molecule has 6 aromatic carbocycles. The van der Waals surface area contributed by atoms with Crippen LogP contribution in [0.3, 0.4) is 0 Å². The van der Waals surface area contributed by atoms with Crippen molar-refractivity contribution in [3.63, 3.8) is 0 Å². The molecule has 0 atom stereocenters. The zero-order valence-corrected chi connectivity index (χ0v) is 25.0. The van der Waals surface area contributed by atoms with Crippen LogP contribution in [0.5, 0.6) is 0 Å². The van der Waals surface area contributed by atoms with E-state index in [0.717, 1.165) is 12.4 Å². The molecule has 0 radical (unpaired) electrons. The summed E-state index contributed by atoms with van der Waals surface area (Å²) in [5.41, 5.74) is 16.0. The van der Waals surface area contributed by atoms with Crippen molar-refractivity contribution in [1.29, 1.82) is 0 Å². The molecule has 0 amide bonds. The number of aromatic nitrogens is 2. The highest BCUT2D eigenvalue weighted by Gasteiger charge is 2.42. The van der Waals surface area contributed by atoms with Gasteiger partial charge >= 0.3 is 6.85 Å². The second kappa shape index (κ2) is 9.75. The van der Waals surface area contributed by atoms with Crippen molar-refractivity contribution in [3.05, 3.63) is 158 Å². The van der Waals surface area contributed by atoms with Crippen molar-refractivity contribution in [2.45, 2.75) is 0 Å². The van der Waals surface area contributed by atoms with Gasteiger partial charge in [0.2, 0.25) is 0 Å². The molecule has 6 heteroatoms. The second-order valence-corrected chi connectivity index (χ2v) is 12.1. The van der Waals surface area contributed by atoms with E-state index in [-0.39, 0.29) is 6.85 Å². The van der Waals surface area contributed by atoms with E-state index in [9.17, 15) is 0 Å². The normalized spacial score (nSPS) is 13.8. The summed E-state index contributed by atoms with van der Waals surface area (Å²) < 4.78 is 1.95. The molecule has 0 spiro atoms. The Labute approximate surface area is 268 Å². The maximum Gasteiger partial charge on any atom is 0.329 e. The first-order valence-corrected chi connectivity index (χ1v) is 15.8. The third-order valence-electron chi connectivity index (χ3n) is 9.73. The molecule has 7 aromatic rings. The van der Waals surface area contributed by atoms with Gasteiger partial charge in [-0.3, -0.25) is 0 Å². The van der Waals surface area contributed by atoms with Gasteiger partial charge in [-0.1, -0.05) is 91.0 Å². The minimum atomic E-state index is 0.0437.